The molecule has 7 nitrogen and oxygen atoms in total. The second kappa shape index (κ2) is 5.86. The summed E-state index contributed by atoms with van der Waals surface area (Å²) in [6.45, 7) is 6.49. The van der Waals surface area contributed by atoms with Crippen molar-refractivity contribution in [3.05, 3.63) is 23.1 Å². The van der Waals surface area contributed by atoms with Crippen LogP contribution in [0.25, 0.3) is 0 Å². The Morgan fingerprint density at radius 3 is 2.40 bits per heavy atom. The molecule has 1 aliphatic heterocycles. The Bertz CT molecular complexity index is 595. The summed E-state index contributed by atoms with van der Waals surface area (Å²) in [5, 5.41) is 7.99. The Kier molecular flexibility index (Phi) is 4.36. The summed E-state index contributed by atoms with van der Waals surface area (Å²) in [5.41, 5.74) is 0.768. The molecule has 1 heterocycles. The van der Waals surface area contributed by atoms with Gasteiger partial charge in [0, 0.05) is 26.2 Å². The van der Waals surface area contributed by atoms with Crippen LogP contribution in [-0.4, -0.2) is 46.0 Å². The molecule has 8 heteroatoms. The van der Waals surface area contributed by atoms with Crippen molar-refractivity contribution in [1.29, 1.82) is 0 Å². The van der Waals surface area contributed by atoms with Crippen molar-refractivity contribution in [1.82, 2.24) is 4.90 Å². The first kappa shape index (κ1) is 14.9. The van der Waals surface area contributed by atoms with E-state index in [0.29, 0.717) is 5.69 Å². The van der Waals surface area contributed by atoms with Crippen LogP contribution in [0.4, 0.5) is 11.4 Å². The molecule has 0 amide bonds. The van der Waals surface area contributed by atoms with Gasteiger partial charge >= 0.3 is 0 Å². The summed E-state index contributed by atoms with van der Waals surface area (Å²) in [7, 11) is -3.82. The number of sulfonamides is 1. The minimum absolute atomic E-state index is 0.0944. The molecule has 1 aromatic rings. The van der Waals surface area contributed by atoms with Gasteiger partial charge < -0.3 is 9.80 Å². The Balaban J connectivity index is 2.27. The Morgan fingerprint density at radius 1 is 1.25 bits per heavy atom. The van der Waals surface area contributed by atoms with E-state index in [0.717, 1.165) is 32.7 Å². The van der Waals surface area contributed by atoms with E-state index < -0.39 is 10.0 Å². The number of likely N-dealkylation sites (N-methyl/N-ethyl adjacent to an activating group) is 1. The number of piperazine rings is 1. The first-order valence-electron chi connectivity index (χ1n) is 6.43. The van der Waals surface area contributed by atoms with Crippen LogP contribution in [-0.2, 0) is 10.0 Å². The molecular formula is C12H18N4O3S. The molecule has 110 valence electrons. The number of nitrogens with two attached hydrogens (primary N) is 1. The molecule has 0 atom stereocenters. The van der Waals surface area contributed by atoms with Gasteiger partial charge in [-0.25, -0.2) is 13.6 Å². The van der Waals surface area contributed by atoms with Gasteiger partial charge in [0.2, 0.25) is 10.0 Å². The topological polar surface area (TPSA) is 96.1 Å². The van der Waals surface area contributed by atoms with Crippen molar-refractivity contribution >= 4 is 21.4 Å². The van der Waals surface area contributed by atoms with Crippen LogP contribution in [0.2, 0.25) is 0 Å². The van der Waals surface area contributed by atoms with Gasteiger partial charge in [-0.15, -0.1) is 4.91 Å². The third kappa shape index (κ3) is 3.14. The van der Waals surface area contributed by atoms with Crippen molar-refractivity contribution < 1.29 is 8.42 Å². The number of hydrogen-bond donors (Lipinski definition) is 1. The van der Waals surface area contributed by atoms with Gasteiger partial charge in [0.1, 0.15) is 5.69 Å². The highest BCUT2D eigenvalue weighted by molar-refractivity contribution is 7.89. The molecule has 0 saturated carbocycles. The number of hydrogen-bond acceptors (Lipinski definition) is 6. The molecule has 1 fully saturated rings. The first-order valence-corrected chi connectivity index (χ1v) is 7.98. The lowest BCUT2D eigenvalue weighted by Crippen LogP contribution is -2.46. The molecule has 0 aliphatic carbocycles. The largest absolute Gasteiger partial charge is 0.367 e. The second-order valence-corrected chi connectivity index (χ2v) is 6.27. The standard InChI is InChI=1S/C12H18N4O3S/c1-2-15-5-7-16(8-6-15)12-4-3-10(20(13,18)19)9-11(12)14-17/h3-4,9H,2,5-8H2,1H3,(H2,13,18,19). The minimum atomic E-state index is -3.82. The lowest BCUT2D eigenvalue weighted by molar-refractivity contribution is 0.271. The summed E-state index contributed by atoms with van der Waals surface area (Å²) in [5.74, 6) is 0. The van der Waals surface area contributed by atoms with Crippen LogP contribution >= 0.6 is 0 Å². The summed E-state index contributed by atoms with van der Waals surface area (Å²) in [4.78, 5) is 15.2. The smallest absolute Gasteiger partial charge is 0.238 e. The maximum Gasteiger partial charge on any atom is 0.238 e. The fourth-order valence-corrected chi connectivity index (χ4v) is 2.86. The molecule has 20 heavy (non-hydrogen) atoms. The summed E-state index contributed by atoms with van der Waals surface area (Å²) in [6.07, 6.45) is 0. The molecule has 1 aliphatic rings. The number of primary sulfonamides is 1. The summed E-state index contributed by atoms with van der Waals surface area (Å²) in [6, 6.07) is 4.23. The normalized spacial score (nSPS) is 17.2. The van der Waals surface area contributed by atoms with Crippen molar-refractivity contribution in [2.75, 3.05) is 37.6 Å². The zero-order valence-electron chi connectivity index (χ0n) is 11.3. The van der Waals surface area contributed by atoms with E-state index in [-0.39, 0.29) is 10.6 Å². The second-order valence-electron chi connectivity index (χ2n) is 4.71. The van der Waals surface area contributed by atoms with Crippen molar-refractivity contribution in [3.63, 3.8) is 0 Å². The average molecular weight is 298 g/mol. The fraction of sp³-hybridized carbons (Fsp3) is 0.500. The molecule has 0 aromatic heterocycles. The Labute approximate surface area is 118 Å². The van der Waals surface area contributed by atoms with Crippen LogP contribution in [0.5, 0.6) is 0 Å². The van der Waals surface area contributed by atoms with E-state index in [2.05, 4.69) is 17.0 Å². The van der Waals surface area contributed by atoms with Gasteiger partial charge in [0.15, 0.2) is 0 Å². The van der Waals surface area contributed by atoms with Gasteiger partial charge in [-0.05, 0) is 29.9 Å². The van der Waals surface area contributed by atoms with Gasteiger partial charge in [0.25, 0.3) is 0 Å². The fourth-order valence-electron chi connectivity index (χ4n) is 2.33. The maximum absolute atomic E-state index is 11.3. The van der Waals surface area contributed by atoms with Crippen LogP contribution in [0.1, 0.15) is 6.92 Å². The molecule has 0 unspecified atom stereocenters. The SMILES string of the molecule is CCN1CCN(c2ccc(S(N)(=O)=O)cc2N=O)CC1. The molecule has 2 rings (SSSR count). The van der Waals surface area contributed by atoms with E-state index >= 15 is 0 Å². The number of nitroso groups, excluding NO2 is 1. The molecule has 0 bridgehead atoms. The highest BCUT2D eigenvalue weighted by atomic mass is 32.2. The minimum Gasteiger partial charge on any atom is -0.367 e. The van der Waals surface area contributed by atoms with Crippen LogP contribution in [0, 0.1) is 4.91 Å². The van der Waals surface area contributed by atoms with Crippen LogP contribution < -0.4 is 10.0 Å². The predicted octanol–water partition coefficient (Wildman–Crippen LogP) is 0.874. The highest BCUT2D eigenvalue weighted by Gasteiger charge is 2.20. The van der Waals surface area contributed by atoms with Crippen molar-refractivity contribution in [2.45, 2.75) is 11.8 Å². The molecule has 0 radical (unpaired) electrons. The lowest BCUT2D eigenvalue weighted by Gasteiger charge is -2.35. The van der Waals surface area contributed by atoms with E-state index in [4.69, 9.17) is 5.14 Å². The van der Waals surface area contributed by atoms with Gasteiger partial charge in [-0.2, -0.15) is 0 Å². The summed E-state index contributed by atoms with van der Waals surface area (Å²) < 4.78 is 22.6. The molecule has 1 aromatic carbocycles. The van der Waals surface area contributed by atoms with Crippen molar-refractivity contribution in [2.24, 2.45) is 10.3 Å². The van der Waals surface area contributed by atoms with Crippen LogP contribution in [0.3, 0.4) is 0 Å². The van der Waals surface area contributed by atoms with Crippen molar-refractivity contribution in [3.8, 4) is 0 Å². The average Bonchev–Trinajstić information content (AvgIpc) is 2.45. The molecule has 2 N–H and O–H groups in total. The van der Waals surface area contributed by atoms with E-state index in [1.165, 1.54) is 12.1 Å². The van der Waals surface area contributed by atoms with E-state index in [1.54, 1.807) is 6.07 Å². The maximum atomic E-state index is 11.3. The molecular weight excluding hydrogens is 280 g/mol. The monoisotopic (exact) mass is 298 g/mol. The number of anilines is 1. The third-order valence-corrected chi connectivity index (χ3v) is 4.44. The number of nitrogens with zero attached hydrogens (tertiary/aromatic N) is 3. The Hall–Kier alpha value is -1.51. The predicted molar refractivity (Wildman–Crippen MR) is 77.6 cm³/mol. The van der Waals surface area contributed by atoms with Crippen LogP contribution in [0.15, 0.2) is 28.3 Å². The number of benzene rings is 1. The zero-order valence-corrected chi connectivity index (χ0v) is 12.1. The van der Waals surface area contributed by atoms with Gasteiger partial charge in [-0.1, -0.05) is 6.92 Å². The molecule has 0 spiro atoms. The first-order chi connectivity index (χ1) is 9.45. The quantitative estimate of drug-likeness (QED) is 0.832. The van der Waals surface area contributed by atoms with E-state index in [9.17, 15) is 13.3 Å². The zero-order chi connectivity index (χ0) is 14.8. The summed E-state index contributed by atoms with van der Waals surface area (Å²) >= 11 is 0. The van der Waals surface area contributed by atoms with E-state index in [1.807, 2.05) is 4.90 Å². The third-order valence-electron chi connectivity index (χ3n) is 3.53. The Morgan fingerprint density at radius 2 is 1.90 bits per heavy atom. The van der Waals surface area contributed by atoms with Gasteiger partial charge in [-0.3, -0.25) is 0 Å². The van der Waals surface area contributed by atoms with Gasteiger partial charge in [0.05, 0.1) is 10.6 Å². The lowest BCUT2D eigenvalue weighted by atomic mass is 10.2. The number of rotatable bonds is 4. The molecule has 1 saturated heterocycles. The highest BCUT2D eigenvalue weighted by Crippen LogP contribution is 2.31.